The molecule has 0 spiro atoms. The minimum atomic E-state index is 0.488. The van der Waals surface area contributed by atoms with Crippen molar-refractivity contribution in [3.8, 4) is 0 Å². The number of hydrogen-bond acceptors (Lipinski definition) is 2. The lowest BCUT2D eigenvalue weighted by Gasteiger charge is -2.08. The molecule has 0 radical (unpaired) electrons. The molecule has 1 aliphatic heterocycles. The maximum atomic E-state index is 3.65. The fourth-order valence-corrected chi connectivity index (χ4v) is 3.67. The smallest absolute Gasteiger partial charge is 0.0373 e. The van der Waals surface area contributed by atoms with Crippen molar-refractivity contribution in [3.05, 3.63) is 29.3 Å². The number of benzene rings is 1. The third-order valence-corrected chi connectivity index (χ3v) is 5.88. The Bertz CT molecular complexity index is 474. The molecule has 3 rings (SSSR count). The highest BCUT2D eigenvalue weighted by Crippen LogP contribution is 2.67. The van der Waals surface area contributed by atoms with Gasteiger partial charge in [0.2, 0.25) is 0 Å². The van der Waals surface area contributed by atoms with Crippen LogP contribution in [0, 0.1) is 16.7 Å². The second-order valence-electron chi connectivity index (χ2n) is 7.30. The molecule has 104 valence electrons. The van der Waals surface area contributed by atoms with Crippen LogP contribution in [0.3, 0.4) is 0 Å². The zero-order chi connectivity index (χ0) is 13.7. The van der Waals surface area contributed by atoms with Gasteiger partial charge >= 0.3 is 0 Å². The SMILES string of the molecule is CC1(C)C(CNCc2ccc3c(c2)CCN3)C1(C)C. The number of rotatable bonds is 4. The topological polar surface area (TPSA) is 24.1 Å². The minimum absolute atomic E-state index is 0.488. The fourth-order valence-electron chi connectivity index (χ4n) is 3.67. The second-order valence-corrected chi connectivity index (χ2v) is 7.30. The summed E-state index contributed by atoms with van der Waals surface area (Å²) in [6.07, 6.45) is 1.17. The zero-order valence-corrected chi connectivity index (χ0v) is 12.6. The molecule has 0 saturated heterocycles. The summed E-state index contributed by atoms with van der Waals surface area (Å²) in [6, 6.07) is 6.82. The van der Waals surface area contributed by atoms with Crippen molar-refractivity contribution in [3.63, 3.8) is 0 Å². The lowest BCUT2D eigenvalue weighted by Crippen LogP contribution is -2.18. The first-order chi connectivity index (χ1) is 8.93. The number of anilines is 1. The summed E-state index contributed by atoms with van der Waals surface area (Å²) in [5.41, 5.74) is 5.20. The van der Waals surface area contributed by atoms with Gasteiger partial charge < -0.3 is 10.6 Å². The fraction of sp³-hybridized carbons (Fsp3) is 0.647. The van der Waals surface area contributed by atoms with Gasteiger partial charge in [-0.25, -0.2) is 0 Å². The van der Waals surface area contributed by atoms with E-state index in [0.717, 1.165) is 25.6 Å². The molecule has 0 bridgehead atoms. The van der Waals surface area contributed by atoms with E-state index in [1.54, 1.807) is 0 Å². The maximum absolute atomic E-state index is 3.65. The molecule has 19 heavy (non-hydrogen) atoms. The van der Waals surface area contributed by atoms with Crippen molar-refractivity contribution in [2.24, 2.45) is 16.7 Å². The molecular formula is C17H26N2. The largest absolute Gasteiger partial charge is 0.384 e. The summed E-state index contributed by atoms with van der Waals surface area (Å²) in [4.78, 5) is 0. The van der Waals surface area contributed by atoms with Crippen molar-refractivity contribution >= 4 is 5.69 Å². The summed E-state index contributed by atoms with van der Waals surface area (Å²) in [6.45, 7) is 12.8. The predicted molar refractivity (Wildman–Crippen MR) is 81.4 cm³/mol. The summed E-state index contributed by atoms with van der Waals surface area (Å²) in [5.74, 6) is 0.802. The van der Waals surface area contributed by atoms with Gasteiger partial charge in [-0.05, 0) is 46.9 Å². The molecule has 0 amide bonds. The van der Waals surface area contributed by atoms with E-state index in [-0.39, 0.29) is 0 Å². The van der Waals surface area contributed by atoms with Crippen LogP contribution in [-0.2, 0) is 13.0 Å². The second kappa shape index (κ2) is 4.24. The van der Waals surface area contributed by atoms with Gasteiger partial charge in [0.15, 0.2) is 0 Å². The van der Waals surface area contributed by atoms with Crippen molar-refractivity contribution in [2.45, 2.75) is 40.7 Å². The van der Waals surface area contributed by atoms with E-state index < -0.39 is 0 Å². The van der Waals surface area contributed by atoms with Gasteiger partial charge in [-0.15, -0.1) is 0 Å². The van der Waals surface area contributed by atoms with Crippen LogP contribution in [0.2, 0.25) is 0 Å². The Morgan fingerprint density at radius 2 is 1.95 bits per heavy atom. The maximum Gasteiger partial charge on any atom is 0.0373 e. The lowest BCUT2D eigenvalue weighted by molar-refractivity contribution is 0.457. The van der Waals surface area contributed by atoms with Gasteiger partial charge in [-0.2, -0.15) is 0 Å². The molecule has 0 unspecified atom stereocenters. The predicted octanol–water partition coefficient (Wildman–Crippen LogP) is 3.43. The molecule has 2 aliphatic rings. The van der Waals surface area contributed by atoms with Crippen LogP contribution in [-0.4, -0.2) is 13.1 Å². The summed E-state index contributed by atoms with van der Waals surface area (Å²) in [7, 11) is 0. The molecule has 1 fully saturated rings. The van der Waals surface area contributed by atoms with Crippen LogP contribution in [0.25, 0.3) is 0 Å². The zero-order valence-electron chi connectivity index (χ0n) is 12.6. The van der Waals surface area contributed by atoms with Gasteiger partial charge in [0.25, 0.3) is 0 Å². The molecule has 2 N–H and O–H groups in total. The van der Waals surface area contributed by atoms with Crippen LogP contribution in [0.5, 0.6) is 0 Å². The monoisotopic (exact) mass is 258 g/mol. The molecule has 1 heterocycles. The standard InChI is InChI=1S/C17H26N2/c1-16(2)15(17(16,3)4)11-18-10-12-5-6-14-13(9-12)7-8-19-14/h5-6,9,15,18-19H,7-8,10-11H2,1-4H3. The molecular weight excluding hydrogens is 232 g/mol. The quantitative estimate of drug-likeness (QED) is 0.864. The average molecular weight is 258 g/mol. The van der Waals surface area contributed by atoms with Gasteiger partial charge in [0, 0.05) is 18.8 Å². The molecule has 1 aliphatic carbocycles. The Morgan fingerprint density at radius 1 is 1.21 bits per heavy atom. The Morgan fingerprint density at radius 3 is 2.63 bits per heavy atom. The van der Waals surface area contributed by atoms with Crippen molar-refractivity contribution in [2.75, 3.05) is 18.4 Å². The number of nitrogens with one attached hydrogen (secondary N) is 2. The molecule has 0 aromatic heterocycles. The highest BCUT2D eigenvalue weighted by Gasteiger charge is 2.63. The highest BCUT2D eigenvalue weighted by molar-refractivity contribution is 5.56. The van der Waals surface area contributed by atoms with E-state index >= 15 is 0 Å². The number of fused-ring (bicyclic) bond motifs is 1. The normalized spacial score (nSPS) is 22.9. The Hall–Kier alpha value is -1.02. The first-order valence-corrected chi connectivity index (χ1v) is 7.49. The lowest BCUT2D eigenvalue weighted by atomic mass is 10.0. The summed E-state index contributed by atoms with van der Waals surface area (Å²) >= 11 is 0. The Kier molecular flexibility index (Phi) is 2.90. The third-order valence-electron chi connectivity index (χ3n) is 5.88. The van der Waals surface area contributed by atoms with Gasteiger partial charge in [-0.3, -0.25) is 0 Å². The highest BCUT2D eigenvalue weighted by atomic mass is 14.9. The molecule has 0 atom stereocenters. The molecule has 1 saturated carbocycles. The Labute approximate surface area is 117 Å². The van der Waals surface area contributed by atoms with E-state index in [9.17, 15) is 0 Å². The van der Waals surface area contributed by atoms with E-state index in [1.807, 2.05) is 0 Å². The van der Waals surface area contributed by atoms with Crippen LogP contribution >= 0.6 is 0 Å². The van der Waals surface area contributed by atoms with E-state index in [1.165, 1.54) is 23.2 Å². The van der Waals surface area contributed by atoms with Crippen LogP contribution in [0.15, 0.2) is 18.2 Å². The van der Waals surface area contributed by atoms with E-state index in [2.05, 4.69) is 56.5 Å². The van der Waals surface area contributed by atoms with Gasteiger partial charge in [-0.1, -0.05) is 39.8 Å². The van der Waals surface area contributed by atoms with Crippen molar-refractivity contribution in [1.29, 1.82) is 0 Å². The van der Waals surface area contributed by atoms with Crippen molar-refractivity contribution in [1.82, 2.24) is 5.32 Å². The molecule has 1 aromatic carbocycles. The summed E-state index contributed by atoms with van der Waals surface area (Å²) in [5, 5.41) is 7.06. The third kappa shape index (κ3) is 2.06. The van der Waals surface area contributed by atoms with E-state index in [0.29, 0.717) is 10.8 Å². The van der Waals surface area contributed by atoms with E-state index in [4.69, 9.17) is 0 Å². The first-order valence-electron chi connectivity index (χ1n) is 7.49. The average Bonchev–Trinajstić information content (AvgIpc) is 2.74. The van der Waals surface area contributed by atoms with Crippen LogP contribution in [0.1, 0.15) is 38.8 Å². The summed E-state index contributed by atoms with van der Waals surface area (Å²) < 4.78 is 0. The van der Waals surface area contributed by atoms with Crippen molar-refractivity contribution < 1.29 is 0 Å². The first kappa shape index (κ1) is 13.0. The minimum Gasteiger partial charge on any atom is -0.384 e. The molecule has 2 nitrogen and oxygen atoms in total. The van der Waals surface area contributed by atoms with Gasteiger partial charge in [0.1, 0.15) is 0 Å². The number of hydrogen-bond donors (Lipinski definition) is 2. The molecule has 2 heteroatoms. The van der Waals surface area contributed by atoms with Crippen LogP contribution in [0.4, 0.5) is 5.69 Å². The van der Waals surface area contributed by atoms with Gasteiger partial charge in [0.05, 0.1) is 0 Å². The van der Waals surface area contributed by atoms with Crippen LogP contribution < -0.4 is 10.6 Å². The Balaban J connectivity index is 1.54. The molecule has 1 aromatic rings.